The van der Waals surface area contributed by atoms with Crippen LogP contribution in [0.2, 0.25) is 0 Å². The number of hydrogen-bond acceptors (Lipinski definition) is 8. The van der Waals surface area contributed by atoms with Crippen LogP contribution in [0.3, 0.4) is 0 Å². The molecule has 3 heterocycles. The minimum Gasteiger partial charge on any atom is -0.496 e. The second-order valence-electron chi connectivity index (χ2n) is 12.3. The summed E-state index contributed by atoms with van der Waals surface area (Å²) in [4.78, 5) is 18.7. The van der Waals surface area contributed by atoms with E-state index in [0.29, 0.717) is 54.1 Å². The number of likely N-dealkylation sites (N-methyl/N-ethyl adjacent to an activating group) is 1. The molecule has 9 heteroatoms. The molecule has 0 unspecified atom stereocenters. The van der Waals surface area contributed by atoms with Crippen LogP contribution >= 0.6 is 0 Å². The van der Waals surface area contributed by atoms with Crippen LogP contribution in [0.1, 0.15) is 45.0 Å². The first-order chi connectivity index (χ1) is 23.4. The molecule has 0 aliphatic carbocycles. The molecule has 4 aromatic rings. The molecule has 9 nitrogen and oxygen atoms in total. The van der Waals surface area contributed by atoms with Crippen molar-refractivity contribution in [1.82, 2.24) is 9.80 Å². The van der Waals surface area contributed by atoms with E-state index < -0.39 is 6.04 Å². The number of benzene rings is 4. The van der Waals surface area contributed by atoms with Gasteiger partial charge in [0.25, 0.3) is 0 Å². The predicted molar refractivity (Wildman–Crippen MR) is 182 cm³/mol. The molecule has 0 spiro atoms. The van der Waals surface area contributed by atoms with E-state index in [4.69, 9.17) is 28.4 Å². The van der Waals surface area contributed by atoms with E-state index >= 15 is 0 Å². The Labute approximate surface area is 281 Å². The molecule has 3 aliphatic heterocycles. The molecule has 1 saturated heterocycles. The maximum atomic E-state index is 14.6. The lowest BCUT2D eigenvalue weighted by Gasteiger charge is -2.50. The third kappa shape index (κ3) is 5.19. The average molecular weight is 649 g/mol. The summed E-state index contributed by atoms with van der Waals surface area (Å²) in [5, 5.41) is 0. The number of fused-ring (bicyclic) bond motifs is 5. The lowest BCUT2D eigenvalue weighted by atomic mass is 9.80. The molecule has 0 radical (unpaired) electrons. The van der Waals surface area contributed by atoms with Gasteiger partial charge in [0.15, 0.2) is 23.0 Å². The highest BCUT2D eigenvalue weighted by Crippen LogP contribution is 2.55. The second-order valence-corrected chi connectivity index (χ2v) is 12.3. The van der Waals surface area contributed by atoms with Crippen LogP contribution in [0, 0.1) is 13.8 Å². The van der Waals surface area contributed by atoms with Crippen molar-refractivity contribution >= 4 is 12.0 Å². The van der Waals surface area contributed by atoms with Crippen LogP contribution in [0.15, 0.2) is 72.4 Å². The van der Waals surface area contributed by atoms with Gasteiger partial charge in [-0.05, 0) is 44.2 Å². The molecule has 2 atom stereocenters. The standard InChI is InChI=1S/C39H40N2O7/c1-23-34(46-21-26-15-11-8-12-16-26)27(18-31-36(23)48-22-47-31)17-29-33-32-28(35(43-4)24(2)37(44-5)38(32)45-6)19-30(40(33)3)39(42)41(29)20-25-13-9-7-10-14-25/h7-18,30,33H,19-22H2,1-6H3/t30-,33-/m0/s1. The van der Waals surface area contributed by atoms with Crippen LogP contribution in [0.25, 0.3) is 6.08 Å². The zero-order chi connectivity index (χ0) is 33.5. The lowest BCUT2D eigenvalue weighted by Crippen LogP contribution is -2.58. The van der Waals surface area contributed by atoms with E-state index in [2.05, 4.69) is 11.0 Å². The number of hydrogen-bond donors (Lipinski definition) is 0. The molecule has 0 saturated carbocycles. The summed E-state index contributed by atoms with van der Waals surface area (Å²) in [7, 11) is 6.96. The Hall–Kier alpha value is -5.15. The van der Waals surface area contributed by atoms with Crippen molar-refractivity contribution in [1.29, 1.82) is 0 Å². The van der Waals surface area contributed by atoms with Crippen molar-refractivity contribution in [3.8, 4) is 34.5 Å². The van der Waals surface area contributed by atoms with Crippen molar-refractivity contribution in [2.24, 2.45) is 0 Å². The monoisotopic (exact) mass is 648 g/mol. The lowest BCUT2D eigenvalue weighted by molar-refractivity contribution is -0.141. The van der Waals surface area contributed by atoms with Gasteiger partial charge in [-0.3, -0.25) is 9.69 Å². The minimum atomic E-state index is -0.415. The quantitative estimate of drug-likeness (QED) is 0.201. The number of carbonyl (C=O) groups is 1. The molecular formula is C39H40N2O7. The van der Waals surface area contributed by atoms with E-state index in [1.165, 1.54) is 0 Å². The van der Waals surface area contributed by atoms with E-state index in [9.17, 15) is 4.79 Å². The number of rotatable bonds is 9. The molecule has 48 heavy (non-hydrogen) atoms. The molecule has 248 valence electrons. The number of carbonyl (C=O) groups excluding carboxylic acids is 1. The number of piperazine rings is 1. The molecule has 4 aromatic carbocycles. The van der Waals surface area contributed by atoms with Crippen LogP contribution < -0.4 is 28.4 Å². The summed E-state index contributed by atoms with van der Waals surface area (Å²) < 4.78 is 36.4. The van der Waals surface area contributed by atoms with Gasteiger partial charge in [0.05, 0.1) is 40.0 Å². The number of methoxy groups -OCH3 is 3. The van der Waals surface area contributed by atoms with Gasteiger partial charge in [-0.25, -0.2) is 0 Å². The highest BCUT2D eigenvalue weighted by Gasteiger charge is 2.50. The first kappa shape index (κ1) is 31.4. The molecule has 3 aliphatic rings. The number of amides is 1. The maximum Gasteiger partial charge on any atom is 0.244 e. The summed E-state index contributed by atoms with van der Waals surface area (Å²) in [6.45, 7) is 4.82. The Morgan fingerprint density at radius 2 is 1.50 bits per heavy atom. The van der Waals surface area contributed by atoms with Crippen molar-refractivity contribution in [2.75, 3.05) is 35.2 Å². The van der Waals surface area contributed by atoms with Gasteiger partial charge in [0.2, 0.25) is 12.7 Å². The third-order valence-corrected chi connectivity index (χ3v) is 9.64. The summed E-state index contributed by atoms with van der Waals surface area (Å²) in [5.74, 6) is 3.91. The van der Waals surface area contributed by atoms with E-state index in [-0.39, 0.29) is 18.7 Å². The zero-order valence-corrected chi connectivity index (χ0v) is 28.2. The zero-order valence-electron chi connectivity index (χ0n) is 28.2. The summed E-state index contributed by atoms with van der Waals surface area (Å²) >= 11 is 0. The molecule has 1 fully saturated rings. The molecule has 2 bridgehead atoms. The van der Waals surface area contributed by atoms with E-state index in [1.54, 1.807) is 21.3 Å². The molecule has 0 N–H and O–H groups in total. The molecule has 0 aromatic heterocycles. The van der Waals surface area contributed by atoms with Gasteiger partial charge in [-0.15, -0.1) is 0 Å². The number of ether oxygens (including phenoxy) is 6. The van der Waals surface area contributed by atoms with Crippen molar-refractivity contribution in [2.45, 2.75) is 45.5 Å². The van der Waals surface area contributed by atoms with Gasteiger partial charge in [-0.2, -0.15) is 0 Å². The maximum absolute atomic E-state index is 14.6. The van der Waals surface area contributed by atoms with Gasteiger partial charge in [0, 0.05) is 39.9 Å². The van der Waals surface area contributed by atoms with Gasteiger partial charge in [0.1, 0.15) is 18.1 Å². The van der Waals surface area contributed by atoms with Gasteiger partial charge in [-0.1, -0.05) is 60.7 Å². The fourth-order valence-corrected chi connectivity index (χ4v) is 7.39. The SMILES string of the molecule is COc1c(C)c(OC)c(OC)c2c1C[C@H]1C(=O)N(Cc3ccccc3)C(=Cc3cc4c(c(C)c3OCc3ccccc3)OCO4)[C@@H]2N1C. The first-order valence-electron chi connectivity index (χ1n) is 16.1. The minimum absolute atomic E-state index is 0.00760. The summed E-state index contributed by atoms with van der Waals surface area (Å²) in [6, 6.07) is 21.2. The summed E-state index contributed by atoms with van der Waals surface area (Å²) in [5.41, 5.74) is 7.13. The van der Waals surface area contributed by atoms with Crippen molar-refractivity contribution in [3.05, 3.63) is 111 Å². The smallest absolute Gasteiger partial charge is 0.244 e. The Kier molecular flexibility index (Phi) is 8.39. The average Bonchev–Trinajstić information content (AvgIpc) is 3.58. The Bertz CT molecular complexity index is 1890. The van der Waals surface area contributed by atoms with Crippen molar-refractivity contribution < 1.29 is 33.2 Å². The van der Waals surface area contributed by atoms with Gasteiger partial charge >= 0.3 is 0 Å². The fraction of sp³-hybridized carbons (Fsp3) is 0.308. The van der Waals surface area contributed by atoms with E-state index in [1.807, 2.05) is 92.5 Å². The van der Waals surface area contributed by atoms with Crippen LogP contribution in [-0.4, -0.2) is 56.9 Å². The Morgan fingerprint density at radius 3 is 2.17 bits per heavy atom. The molecular weight excluding hydrogens is 608 g/mol. The second kappa shape index (κ2) is 12.8. The first-order valence-corrected chi connectivity index (χ1v) is 16.1. The Balaban J connectivity index is 1.47. The highest BCUT2D eigenvalue weighted by atomic mass is 16.7. The third-order valence-electron chi connectivity index (χ3n) is 9.64. The highest BCUT2D eigenvalue weighted by molar-refractivity contribution is 5.89. The normalized spacial score (nSPS) is 18.9. The van der Waals surface area contributed by atoms with Crippen LogP contribution in [0.4, 0.5) is 0 Å². The van der Waals surface area contributed by atoms with Crippen LogP contribution in [0.5, 0.6) is 34.5 Å². The van der Waals surface area contributed by atoms with Crippen molar-refractivity contribution in [3.63, 3.8) is 0 Å². The predicted octanol–water partition coefficient (Wildman–Crippen LogP) is 6.62. The number of nitrogens with zero attached hydrogens (tertiary/aromatic N) is 2. The van der Waals surface area contributed by atoms with E-state index in [0.717, 1.165) is 44.6 Å². The Morgan fingerprint density at radius 1 is 0.833 bits per heavy atom. The molecule has 7 rings (SSSR count). The topological polar surface area (TPSA) is 78.9 Å². The summed E-state index contributed by atoms with van der Waals surface area (Å²) in [6.07, 6.45) is 2.53. The fourth-order valence-electron chi connectivity index (χ4n) is 7.39. The van der Waals surface area contributed by atoms with Crippen LogP contribution in [-0.2, 0) is 24.4 Å². The molecule has 1 amide bonds. The largest absolute Gasteiger partial charge is 0.496 e. The van der Waals surface area contributed by atoms with Gasteiger partial charge < -0.3 is 33.3 Å².